The van der Waals surface area contributed by atoms with Gasteiger partial charge in [-0.3, -0.25) is 5.32 Å². The van der Waals surface area contributed by atoms with Crippen molar-refractivity contribution in [2.45, 2.75) is 26.3 Å². The Labute approximate surface area is 105 Å². The van der Waals surface area contributed by atoms with Crippen LogP contribution in [0.3, 0.4) is 0 Å². The molecule has 1 aromatic rings. The van der Waals surface area contributed by atoms with E-state index in [9.17, 15) is 13.6 Å². The molecule has 0 radical (unpaired) electrons. The van der Waals surface area contributed by atoms with E-state index < -0.39 is 23.1 Å². The summed E-state index contributed by atoms with van der Waals surface area (Å²) in [7, 11) is 0. The molecule has 1 atom stereocenters. The molecule has 100 valence electrons. The molecule has 0 bridgehead atoms. The maximum absolute atomic E-state index is 13.8. The van der Waals surface area contributed by atoms with Gasteiger partial charge in [-0.2, -0.15) is 0 Å². The lowest BCUT2D eigenvalue weighted by Gasteiger charge is -2.29. The van der Waals surface area contributed by atoms with Crippen molar-refractivity contribution in [2.75, 3.05) is 13.2 Å². The van der Waals surface area contributed by atoms with Crippen molar-refractivity contribution in [3.8, 4) is 0 Å². The molecule has 0 fully saturated rings. The second-order valence-electron chi connectivity index (χ2n) is 3.97. The molecule has 0 amide bonds. The summed E-state index contributed by atoms with van der Waals surface area (Å²) < 4.78 is 32.5. The summed E-state index contributed by atoms with van der Waals surface area (Å²) in [4.78, 5) is 11.9. The number of esters is 1. The Morgan fingerprint density at radius 2 is 1.89 bits per heavy atom. The van der Waals surface area contributed by atoms with Crippen LogP contribution in [0.2, 0.25) is 0 Å². The van der Waals surface area contributed by atoms with E-state index in [-0.39, 0.29) is 12.2 Å². The van der Waals surface area contributed by atoms with E-state index in [4.69, 9.17) is 4.74 Å². The van der Waals surface area contributed by atoms with E-state index in [0.29, 0.717) is 6.54 Å². The van der Waals surface area contributed by atoms with E-state index in [1.807, 2.05) is 0 Å². The second-order valence-corrected chi connectivity index (χ2v) is 3.97. The van der Waals surface area contributed by atoms with E-state index in [0.717, 1.165) is 12.1 Å². The summed E-state index contributed by atoms with van der Waals surface area (Å²) >= 11 is 0. The minimum absolute atomic E-state index is 0.149. The van der Waals surface area contributed by atoms with Crippen LogP contribution in [0, 0.1) is 11.6 Å². The lowest BCUT2D eigenvalue weighted by Crippen LogP contribution is -2.48. The van der Waals surface area contributed by atoms with Gasteiger partial charge in [-0.25, -0.2) is 13.6 Å². The van der Waals surface area contributed by atoms with Crippen molar-refractivity contribution in [3.05, 3.63) is 35.4 Å². The highest BCUT2D eigenvalue weighted by atomic mass is 19.1. The predicted molar refractivity (Wildman–Crippen MR) is 64.0 cm³/mol. The number of hydrogen-bond acceptors (Lipinski definition) is 3. The number of hydrogen-bond donors (Lipinski definition) is 1. The normalized spacial score (nSPS) is 14.1. The molecule has 1 aromatic carbocycles. The van der Waals surface area contributed by atoms with E-state index in [2.05, 4.69) is 5.32 Å². The number of benzene rings is 1. The maximum atomic E-state index is 13.8. The Bertz CT molecular complexity index is 417. The molecule has 0 aliphatic heterocycles. The Morgan fingerprint density at radius 3 is 2.33 bits per heavy atom. The average molecular weight is 257 g/mol. The van der Waals surface area contributed by atoms with E-state index in [1.54, 1.807) is 13.8 Å². The molecule has 0 aromatic heterocycles. The fourth-order valence-electron chi connectivity index (χ4n) is 1.87. The van der Waals surface area contributed by atoms with Crippen LogP contribution < -0.4 is 5.32 Å². The summed E-state index contributed by atoms with van der Waals surface area (Å²) in [5.74, 6) is -2.24. The Kier molecular flexibility index (Phi) is 4.78. The molecule has 0 heterocycles. The zero-order valence-electron chi connectivity index (χ0n) is 10.7. The third-order valence-electron chi connectivity index (χ3n) is 2.68. The van der Waals surface area contributed by atoms with Gasteiger partial charge in [0.1, 0.15) is 17.2 Å². The third kappa shape index (κ3) is 2.67. The van der Waals surface area contributed by atoms with Crippen molar-refractivity contribution in [1.29, 1.82) is 0 Å². The number of likely N-dealkylation sites (N-methyl/N-ethyl adjacent to an activating group) is 1. The molecule has 18 heavy (non-hydrogen) atoms. The van der Waals surface area contributed by atoms with Crippen LogP contribution in [0.15, 0.2) is 18.2 Å². The van der Waals surface area contributed by atoms with E-state index in [1.165, 1.54) is 13.0 Å². The van der Waals surface area contributed by atoms with Gasteiger partial charge in [0.2, 0.25) is 0 Å². The molecule has 5 heteroatoms. The van der Waals surface area contributed by atoms with Gasteiger partial charge in [0.15, 0.2) is 0 Å². The van der Waals surface area contributed by atoms with Gasteiger partial charge in [-0.1, -0.05) is 13.0 Å². The third-order valence-corrected chi connectivity index (χ3v) is 2.68. The minimum atomic E-state index is -1.53. The quantitative estimate of drug-likeness (QED) is 0.823. The zero-order chi connectivity index (χ0) is 13.8. The summed E-state index contributed by atoms with van der Waals surface area (Å²) in [5, 5.41) is 2.79. The van der Waals surface area contributed by atoms with Crippen LogP contribution in [-0.4, -0.2) is 19.1 Å². The zero-order valence-corrected chi connectivity index (χ0v) is 10.7. The largest absolute Gasteiger partial charge is 0.464 e. The molecule has 0 spiro atoms. The summed E-state index contributed by atoms with van der Waals surface area (Å²) in [6.07, 6.45) is 0. The Balaban J connectivity index is 3.31. The first kappa shape index (κ1) is 14.6. The van der Waals surface area contributed by atoms with Crippen LogP contribution >= 0.6 is 0 Å². The number of rotatable bonds is 5. The Hall–Kier alpha value is -1.49. The van der Waals surface area contributed by atoms with Gasteiger partial charge in [0.05, 0.1) is 12.2 Å². The molecular weight excluding hydrogens is 240 g/mol. The molecule has 1 rings (SSSR count). The predicted octanol–water partition coefficient (Wildman–Crippen LogP) is 2.35. The SMILES string of the molecule is CCNC(C)(C(=O)OCC)c1c(F)cccc1F. The van der Waals surface area contributed by atoms with Crippen LogP contribution in [0.5, 0.6) is 0 Å². The molecule has 0 aliphatic rings. The number of carbonyl (C=O) groups is 1. The van der Waals surface area contributed by atoms with Crippen molar-refractivity contribution < 1.29 is 18.3 Å². The maximum Gasteiger partial charge on any atom is 0.330 e. The van der Waals surface area contributed by atoms with Gasteiger partial charge < -0.3 is 4.74 Å². The van der Waals surface area contributed by atoms with Crippen molar-refractivity contribution in [2.24, 2.45) is 0 Å². The lowest BCUT2D eigenvalue weighted by molar-refractivity contribution is -0.151. The molecule has 0 saturated carbocycles. The minimum Gasteiger partial charge on any atom is -0.464 e. The molecular formula is C13H17F2NO2. The van der Waals surface area contributed by atoms with Gasteiger partial charge in [0.25, 0.3) is 0 Å². The second kappa shape index (κ2) is 5.91. The smallest absolute Gasteiger partial charge is 0.330 e. The fraction of sp³-hybridized carbons (Fsp3) is 0.462. The standard InChI is InChI=1S/C13H17F2NO2/c1-4-16-13(3,12(17)18-5-2)11-9(14)7-6-8-10(11)15/h6-8,16H,4-5H2,1-3H3. The van der Waals surface area contributed by atoms with Crippen LogP contribution in [0.25, 0.3) is 0 Å². The first-order valence-electron chi connectivity index (χ1n) is 5.84. The number of carbonyl (C=O) groups excluding carboxylic acids is 1. The van der Waals surface area contributed by atoms with Crippen LogP contribution in [-0.2, 0) is 15.1 Å². The highest BCUT2D eigenvalue weighted by Gasteiger charge is 2.40. The first-order chi connectivity index (χ1) is 8.47. The molecule has 0 saturated heterocycles. The molecule has 1 N–H and O–H groups in total. The van der Waals surface area contributed by atoms with Gasteiger partial charge in [-0.15, -0.1) is 0 Å². The van der Waals surface area contributed by atoms with Crippen molar-refractivity contribution in [1.82, 2.24) is 5.32 Å². The topological polar surface area (TPSA) is 38.3 Å². The summed E-state index contributed by atoms with van der Waals surface area (Å²) in [5.41, 5.74) is -1.84. The summed E-state index contributed by atoms with van der Waals surface area (Å²) in [6.45, 7) is 5.33. The fourth-order valence-corrected chi connectivity index (χ4v) is 1.87. The van der Waals surface area contributed by atoms with E-state index >= 15 is 0 Å². The highest BCUT2D eigenvalue weighted by Crippen LogP contribution is 2.27. The van der Waals surface area contributed by atoms with Gasteiger partial charge >= 0.3 is 5.97 Å². The van der Waals surface area contributed by atoms with Crippen molar-refractivity contribution in [3.63, 3.8) is 0 Å². The van der Waals surface area contributed by atoms with Gasteiger partial charge in [-0.05, 0) is 32.5 Å². The molecule has 1 unspecified atom stereocenters. The first-order valence-corrected chi connectivity index (χ1v) is 5.84. The number of nitrogens with one attached hydrogen (secondary N) is 1. The molecule has 3 nitrogen and oxygen atoms in total. The molecule has 0 aliphatic carbocycles. The highest BCUT2D eigenvalue weighted by molar-refractivity contribution is 5.82. The Morgan fingerprint density at radius 1 is 1.33 bits per heavy atom. The van der Waals surface area contributed by atoms with Crippen molar-refractivity contribution >= 4 is 5.97 Å². The average Bonchev–Trinajstić information content (AvgIpc) is 2.29. The summed E-state index contributed by atoms with van der Waals surface area (Å²) in [6, 6.07) is 3.49. The van der Waals surface area contributed by atoms with Gasteiger partial charge in [0, 0.05) is 0 Å². The lowest BCUT2D eigenvalue weighted by atomic mass is 9.91. The monoisotopic (exact) mass is 257 g/mol. The number of ether oxygens (including phenoxy) is 1. The van der Waals surface area contributed by atoms with Crippen LogP contribution in [0.4, 0.5) is 8.78 Å². The van der Waals surface area contributed by atoms with Crippen LogP contribution in [0.1, 0.15) is 26.3 Å². The number of halogens is 2.